The molecule has 2 rings (SSSR count). The third-order valence-electron chi connectivity index (χ3n) is 2.32. The molecule has 0 heterocycles. The summed E-state index contributed by atoms with van der Waals surface area (Å²) < 4.78 is 19.2. The van der Waals surface area contributed by atoms with Gasteiger partial charge in [-0.3, -0.25) is 4.79 Å². The van der Waals surface area contributed by atoms with Crippen LogP contribution in [0, 0.1) is 17.1 Å². The van der Waals surface area contributed by atoms with Gasteiger partial charge in [0.15, 0.2) is 0 Å². The molecule has 2 aromatic carbocycles. The van der Waals surface area contributed by atoms with Gasteiger partial charge < -0.3 is 4.74 Å². The monoisotopic (exact) mass is 319 g/mol. The SMILES string of the molecule is N#Cc1cc(C=O)ccc1Oc1cc(F)cc(Br)c1. The number of aldehydes is 1. The predicted molar refractivity (Wildman–Crippen MR) is 70.7 cm³/mol. The fraction of sp³-hybridized carbons (Fsp3) is 0. The molecule has 19 heavy (non-hydrogen) atoms. The number of nitriles is 1. The van der Waals surface area contributed by atoms with Crippen molar-refractivity contribution >= 4 is 22.2 Å². The fourth-order valence-corrected chi connectivity index (χ4v) is 1.96. The Morgan fingerprint density at radius 2 is 2.05 bits per heavy atom. The van der Waals surface area contributed by atoms with E-state index in [2.05, 4.69) is 15.9 Å². The molecule has 0 aromatic heterocycles. The summed E-state index contributed by atoms with van der Waals surface area (Å²) in [5, 5.41) is 9.00. The minimum atomic E-state index is -0.451. The molecular formula is C14H7BrFNO2. The molecule has 0 bridgehead atoms. The number of hydrogen-bond donors (Lipinski definition) is 0. The second-order valence-electron chi connectivity index (χ2n) is 3.69. The molecule has 5 heteroatoms. The van der Waals surface area contributed by atoms with Crippen molar-refractivity contribution < 1.29 is 13.9 Å². The Hall–Kier alpha value is -2.19. The van der Waals surface area contributed by atoms with E-state index in [1.807, 2.05) is 6.07 Å². The standard InChI is InChI=1S/C14H7BrFNO2/c15-11-4-12(16)6-13(5-11)19-14-2-1-9(8-18)3-10(14)7-17/h1-6,8H. The lowest BCUT2D eigenvalue weighted by molar-refractivity contribution is 0.112. The van der Waals surface area contributed by atoms with E-state index in [1.165, 1.54) is 30.3 Å². The molecule has 0 spiro atoms. The van der Waals surface area contributed by atoms with Crippen molar-refractivity contribution in [2.75, 3.05) is 0 Å². The number of carbonyl (C=O) groups is 1. The quantitative estimate of drug-likeness (QED) is 0.801. The van der Waals surface area contributed by atoms with Crippen LogP contribution in [0.25, 0.3) is 0 Å². The zero-order valence-electron chi connectivity index (χ0n) is 9.56. The van der Waals surface area contributed by atoms with Crippen LogP contribution in [0.15, 0.2) is 40.9 Å². The van der Waals surface area contributed by atoms with Gasteiger partial charge in [0.05, 0.1) is 5.56 Å². The van der Waals surface area contributed by atoms with E-state index in [0.717, 1.165) is 0 Å². The normalized spacial score (nSPS) is 9.74. The summed E-state index contributed by atoms with van der Waals surface area (Å²) in [5.41, 5.74) is 0.592. The largest absolute Gasteiger partial charge is 0.456 e. The van der Waals surface area contributed by atoms with Gasteiger partial charge in [-0.2, -0.15) is 5.26 Å². The van der Waals surface area contributed by atoms with Crippen LogP contribution >= 0.6 is 15.9 Å². The topological polar surface area (TPSA) is 50.1 Å². The second kappa shape index (κ2) is 5.63. The minimum Gasteiger partial charge on any atom is -0.456 e. The Morgan fingerprint density at radius 3 is 2.68 bits per heavy atom. The number of benzene rings is 2. The van der Waals surface area contributed by atoms with Crippen LogP contribution in [0.1, 0.15) is 15.9 Å². The van der Waals surface area contributed by atoms with Gasteiger partial charge >= 0.3 is 0 Å². The van der Waals surface area contributed by atoms with Gasteiger partial charge in [0.25, 0.3) is 0 Å². The first-order chi connectivity index (χ1) is 9.12. The van der Waals surface area contributed by atoms with Crippen molar-refractivity contribution in [3.63, 3.8) is 0 Å². The zero-order valence-corrected chi connectivity index (χ0v) is 11.1. The number of hydrogen-bond acceptors (Lipinski definition) is 3. The fourth-order valence-electron chi connectivity index (χ4n) is 1.51. The summed E-state index contributed by atoms with van der Waals surface area (Å²) in [6.45, 7) is 0. The first-order valence-electron chi connectivity index (χ1n) is 5.25. The van der Waals surface area contributed by atoms with E-state index in [1.54, 1.807) is 6.07 Å². The maximum absolute atomic E-state index is 13.2. The summed E-state index contributed by atoms with van der Waals surface area (Å²) in [7, 11) is 0. The Labute approximate surface area is 117 Å². The van der Waals surface area contributed by atoms with Crippen LogP contribution in [-0.4, -0.2) is 6.29 Å². The lowest BCUT2D eigenvalue weighted by Gasteiger charge is -2.08. The van der Waals surface area contributed by atoms with Gasteiger partial charge in [-0.15, -0.1) is 0 Å². The number of rotatable bonds is 3. The molecule has 0 aliphatic carbocycles. The molecule has 0 saturated carbocycles. The lowest BCUT2D eigenvalue weighted by atomic mass is 10.1. The van der Waals surface area contributed by atoms with Gasteiger partial charge in [0.2, 0.25) is 0 Å². The van der Waals surface area contributed by atoms with Crippen LogP contribution in [0.3, 0.4) is 0 Å². The summed E-state index contributed by atoms with van der Waals surface area (Å²) >= 11 is 3.15. The third-order valence-corrected chi connectivity index (χ3v) is 2.78. The van der Waals surface area contributed by atoms with E-state index in [9.17, 15) is 9.18 Å². The van der Waals surface area contributed by atoms with Crippen LogP contribution < -0.4 is 4.74 Å². The highest BCUT2D eigenvalue weighted by molar-refractivity contribution is 9.10. The first-order valence-corrected chi connectivity index (χ1v) is 6.05. The van der Waals surface area contributed by atoms with E-state index in [0.29, 0.717) is 16.3 Å². The molecule has 0 N–H and O–H groups in total. The third kappa shape index (κ3) is 3.18. The van der Waals surface area contributed by atoms with Gasteiger partial charge in [-0.05, 0) is 30.3 Å². The van der Waals surface area contributed by atoms with Crippen LogP contribution in [0.2, 0.25) is 0 Å². The summed E-state index contributed by atoms with van der Waals surface area (Å²) in [4.78, 5) is 10.6. The Morgan fingerprint density at radius 1 is 1.26 bits per heavy atom. The molecule has 0 fully saturated rings. The second-order valence-corrected chi connectivity index (χ2v) is 4.61. The van der Waals surface area contributed by atoms with Crippen LogP contribution in [0.5, 0.6) is 11.5 Å². The number of halogens is 2. The zero-order chi connectivity index (χ0) is 13.8. The average molecular weight is 320 g/mol. The van der Waals surface area contributed by atoms with Crippen molar-refractivity contribution in [1.29, 1.82) is 5.26 Å². The Kier molecular flexibility index (Phi) is 3.93. The molecule has 0 amide bonds. The molecule has 0 unspecified atom stereocenters. The first kappa shape index (κ1) is 13.2. The van der Waals surface area contributed by atoms with Crippen molar-refractivity contribution in [1.82, 2.24) is 0 Å². The molecule has 94 valence electrons. The number of nitrogens with zero attached hydrogens (tertiary/aromatic N) is 1. The van der Waals surface area contributed by atoms with E-state index >= 15 is 0 Å². The van der Waals surface area contributed by atoms with Crippen molar-refractivity contribution in [3.8, 4) is 17.6 Å². The van der Waals surface area contributed by atoms with E-state index in [4.69, 9.17) is 10.00 Å². The molecule has 0 aliphatic heterocycles. The molecule has 0 radical (unpaired) electrons. The molecule has 0 atom stereocenters. The van der Waals surface area contributed by atoms with Crippen molar-refractivity contribution in [2.24, 2.45) is 0 Å². The van der Waals surface area contributed by atoms with Crippen molar-refractivity contribution in [3.05, 3.63) is 57.8 Å². The highest BCUT2D eigenvalue weighted by atomic mass is 79.9. The van der Waals surface area contributed by atoms with Gasteiger partial charge in [-0.25, -0.2) is 4.39 Å². The maximum Gasteiger partial charge on any atom is 0.150 e. The molecule has 0 saturated heterocycles. The minimum absolute atomic E-state index is 0.213. The molecular weight excluding hydrogens is 313 g/mol. The Balaban J connectivity index is 2.38. The van der Waals surface area contributed by atoms with Crippen molar-refractivity contribution in [2.45, 2.75) is 0 Å². The molecule has 2 aromatic rings. The number of carbonyl (C=O) groups excluding carboxylic acids is 1. The molecule has 3 nitrogen and oxygen atoms in total. The van der Waals surface area contributed by atoms with Crippen LogP contribution in [-0.2, 0) is 0 Å². The average Bonchev–Trinajstić information content (AvgIpc) is 2.38. The van der Waals surface area contributed by atoms with Crippen LogP contribution in [0.4, 0.5) is 4.39 Å². The predicted octanol–water partition coefficient (Wildman–Crippen LogP) is 4.06. The summed E-state index contributed by atoms with van der Waals surface area (Å²) in [6, 6.07) is 10.5. The van der Waals surface area contributed by atoms with Gasteiger partial charge in [0.1, 0.15) is 29.7 Å². The van der Waals surface area contributed by atoms with E-state index in [-0.39, 0.29) is 17.1 Å². The highest BCUT2D eigenvalue weighted by Gasteiger charge is 2.07. The summed E-state index contributed by atoms with van der Waals surface area (Å²) in [5.74, 6) is 0.0835. The number of ether oxygens (including phenoxy) is 1. The van der Waals surface area contributed by atoms with Gasteiger partial charge in [0, 0.05) is 16.1 Å². The summed E-state index contributed by atoms with van der Waals surface area (Å²) in [6.07, 6.45) is 0.642. The highest BCUT2D eigenvalue weighted by Crippen LogP contribution is 2.28. The molecule has 0 aliphatic rings. The Bertz CT molecular complexity index is 659. The maximum atomic E-state index is 13.2. The van der Waals surface area contributed by atoms with Gasteiger partial charge in [-0.1, -0.05) is 15.9 Å². The lowest BCUT2D eigenvalue weighted by Crippen LogP contribution is -1.91. The smallest absolute Gasteiger partial charge is 0.150 e. The van der Waals surface area contributed by atoms with E-state index < -0.39 is 5.82 Å².